The highest BCUT2D eigenvalue weighted by Gasteiger charge is 2.19. The van der Waals surface area contributed by atoms with Crippen LogP contribution in [0.2, 0.25) is 0 Å². The van der Waals surface area contributed by atoms with E-state index < -0.39 is 0 Å². The molecule has 0 aliphatic carbocycles. The highest BCUT2D eigenvalue weighted by atomic mass is 14.6. The summed E-state index contributed by atoms with van der Waals surface area (Å²) in [5, 5.41) is 0. The van der Waals surface area contributed by atoms with Crippen molar-refractivity contribution in [1.82, 2.24) is 0 Å². The molecule has 2 atom stereocenters. The van der Waals surface area contributed by atoms with Gasteiger partial charge >= 0.3 is 0 Å². The van der Waals surface area contributed by atoms with E-state index in [9.17, 15) is 0 Å². The lowest BCUT2D eigenvalue weighted by molar-refractivity contribution is 0.479. The van der Waals surface area contributed by atoms with E-state index in [0.717, 1.165) is 6.42 Å². The first-order valence-electron chi connectivity index (χ1n) is 7.24. The lowest BCUT2D eigenvalue weighted by Crippen LogP contribution is -2.21. The second-order valence-electron chi connectivity index (χ2n) is 6.96. The van der Waals surface area contributed by atoms with Crippen molar-refractivity contribution in [2.45, 2.75) is 59.4 Å². The average molecular weight is 262 g/mol. The van der Waals surface area contributed by atoms with E-state index in [0.29, 0.717) is 12.5 Å². The van der Waals surface area contributed by atoms with Gasteiger partial charge in [0.05, 0.1) is 0 Å². The Bertz CT molecular complexity index is 406. The third-order valence-corrected chi connectivity index (χ3v) is 3.89. The molecule has 19 heavy (non-hydrogen) atoms. The van der Waals surface area contributed by atoms with Crippen LogP contribution in [0.1, 0.15) is 62.4 Å². The molecule has 0 saturated heterocycles. The molecule has 0 bridgehead atoms. The first-order valence-corrected chi connectivity index (χ1v) is 7.24. The van der Waals surface area contributed by atoms with Crippen LogP contribution in [0, 0.1) is 19.8 Å². The van der Waals surface area contributed by atoms with Gasteiger partial charge in [0.1, 0.15) is 0 Å². The Balaban J connectivity index is 3.10. The third kappa shape index (κ3) is 4.05. The normalized spacial score (nSPS) is 15.4. The summed E-state index contributed by atoms with van der Waals surface area (Å²) in [4.78, 5) is 0. The molecule has 4 N–H and O–H groups in total. The number of aryl methyl sites for hydroxylation is 2. The van der Waals surface area contributed by atoms with Crippen LogP contribution in [0.3, 0.4) is 0 Å². The number of hydrogen-bond donors (Lipinski definition) is 2. The van der Waals surface area contributed by atoms with Crippen LogP contribution in [0.25, 0.3) is 0 Å². The van der Waals surface area contributed by atoms with Gasteiger partial charge < -0.3 is 11.5 Å². The molecule has 2 unspecified atom stereocenters. The molecule has 108 valence electrons. The van der Waals surface area contributed by atoms with Crippen molar-refractivity contribution in [3.63, 3.8) is 0 Å². The van der Waals surface area contributed by atoms with Crippen LogP contribution in [-0.4, -0.2) is 6.54 Å². The van der Waals surface area contributed by atoms with E-state index in [2.05, 4.69) is 53.7 Å². The van der Waals surface area contributed by atoms with Crippen LogP contribution >= 0.6 is 0 Å². The average Bonchev–Trinajstić information content (AvgIpc) is 2.26. The molecule has 0 aliphatic rings. The summed E-state index contributed by atoms with van der Waals surface area (Å²) in [5.41, 5.74) is 17.6. The van der Waals surface area contributed by atoms with Crippen molar-refractivity contribution in [3.8, 4) is 0 Å². The number of hydrogen-bond acceptors (Lipinski definition) is 2. The molecule has 0 aromatic heterocycles. The maximum absolute atomic E-state index is 6.38. The summed E-state index contributed by atoms with van der Waals surface area (Å²) in [6.07, 6.45) is 0.951. The smallest absolute Gasteiger partial charge is 0.0303 e. The fourth-order valence-corrected chi connectivity index (χ4v) is 2.64. The van der Waals surface area contributed by atoms with Gasteiger partial charge in [-0.3, -0.25) is 0 Å². The van der Waals surface area contributed by atoms with Gasteiger partial charge in [-0.2, -0.15) is 0 Å². The first-order chi connectivity index (χ1) is 8.66. The lowest BCUT2D eigenvalue weighted by Gasteiger charge is -2.25. The molecule has 1 aromatic carbocycles. The second kappa shape index (κ2) is 6.06. The maximum atomic E-state index is 6.38. The Hall–Kier alpha value is -0.860. The zero-order valence-electron chi connectivity index (χ0n) is 13.4. The summed E-state index contributed by atoms with van der Waals surface area (Å²) in [5.74, 6) is 0.469. The summed E-state index contributed by atoms with van der Waals surface area (Å²) in [7, 11) is 0. The molecule has 1 rings (SSSR count). The van der Waals surface area contributed by atoms with Gasteiger partial charge in [-0.05, 0) is 60.4 Å². The molecule has 0 saturated carbocycles. The molecule has 0 heterocycles. The van der Waals surface area contributed by atoms with Crippen molar-refractivity contribution in [2.24, 2.45) is 17.4 Å². The summed E-state index contributed by atoms with van der Waals surface area (Å²) >= 11 is 0. The van der Waals surface area contributed by atoms with Crippen molar-refractivity contribution in [1.29, 1.82) is 0 Å². The fraction of sp³-hybridized carbons (Fsp3) is 0.647. The maximum Gasteiger partial charge on any atom is 0.0303 e. The monoisotopic (exact) mass is 262 g/mol. The van der Waals surface area contributed by atoms with E-state index in [-0.39, 0.29) is 11.5 Å². The van der Waals surface area contributed by atoms with Crippen LogP contribution < -0.4 is 11.5 Å². The van der Waals surface area contributed by atoms with Gasteiger partial charge in [0, 0.05) is 6.04 Å². The predicted octanol–water partition coefficient (Wildman–Crippen LogP) is 3.59. The Morgan fingerprint density at radius 1 is 1.11 bits per heavy atom. The van der Waals surface area contributed by atoms with E-state index in [1.807, 2.05) is 0 Å². The van der Waals surface area contributed by atoms with Crippen molar-refractivity contribution in [2.75, 3.05) is 6.54 Å². The van der Waals surface area contributed by atoms with E-state index >= 15 is 0 Å². The molecule has 0 spiro atoms. The lowest BCUT2D eigenvalue weighted by atomic mass is 9.82. The molecular weight excluding hydrogens is 232 g/mol. The molecule has 2 nitrogen and oxygen atoms in total. The second-order valence-corrected chi connectivity index (χ2v) is 6.96. The minimum Gasteiger partial charge on any atom is -0.330 e. The van der Waals surface area contributed by atoms with E-state index in [1.54, 1.807) is 0 Å². The van der Waals surface area contributed by atoms with Gasteiger partial charge in [0.25, 0.3) is 0 Å². The standard InChI is InChI=1S/C17H30N2/c1-11(10-18)7-15(19)16-12(2)8-14(9-13(16)3)17(4,5)6/h8-9,11,15H,7,10,18-19H2,1-6H3. The highest BCUT2D eigenvalue weighted by molar-refractivity contribution is 5.42. The SMILES string of the molecule is Cc1cc(C(C)(C)C)cc(C)c1C(N)CC(C)CN. The fourth-order valence-electron chi connectivity index (χ4n) is 2.64. The topological polar surface area (TPSA) is 52.0 Å². The van der Waals surface area contributed by atoms with Crippen molar-refractivity contribution < 1.29 is 0 Å². The summed E-state index contributed by atoms with van der Waals surface area (Å²) < 4.78 is 0. The summed E-state index contributed by atoms with van der Waals surface area (Å²) in [6, 6.07) is 4.66. The highest BCUT2D eigenvalue weighted by Crippen LogP contribution is 2.31. The summed E-state index contributed by atoms with van der Waals surface area (Å²) in [6.45, 7) is 13.9. The number of rotatable bonds is 4. The van der Waals surface area contributed by atoms with Crippen LogP contribution in [0.15, 0.2) is 12.1 Å². The van der Waals surface area contributed by atoms with E-state index in [1.165, 1.54) is 22.3 Å². The minimum absolute atomic E-state index is 0.0903. The van der Waals surface area contributed by atoms with Gasteiger partial charge in [-0.15, -0.1) is 0 Å². The number of benzene rings is 1. The van der Waals surface area contributed by atoms with Gasteiger partial charge in [0.2, 0.25) is 0 Å². The predicted molar refractivity (Wildman–Crippen MR) is 84.4 cm³/mol. The molecule has 0 fully saturated rings. The third-order valence-electron chi connectivity index (χ3n) is 3.89. The first kappa shape index (κ1) is 16.2. The Labute approximate surface area is 118 Å². The molecule has 1 aromatic rings. The van der Waals surface area contributed by atoms with Crippen molar-refractivity contribution in [3.05, 3.63) is 34.4 Å². The van der Waals surface area contributed by atoms with Crippen LogP contribution in [-0.2, 0) is 5.41 Å². The zero-order valence-corrected chi connectivity index (χ0v) is 13.4. The van der Waals surface area contributed by atoms with Gasteiger partial charge in [0.15, 0.2) is 0 Å². The van der Waals surface area contributed by atoms with Crippen LogP contribution in [0.5, 0.6) is 0 Å². The quantitative estimate of drug-likeness (QED) is 0.871. The Morgan fingerprint density at radius 2 is 1.58 bits per heavy atom. The van der Waals surface area contributed by atoms with Crippen molar-refractivity contribution >= 4 is 0 Å². The largest absolute Gasteiger partial charge is 0.330 e. The Kier molecular flexibility index (Phi) is 5.17. The zero-order chi connectivity index (χ0) is 14.8. The van der Waals surface area contributed by atoms with Crippen LogP contribution in [0.4, 0.5) is 0 Å². The molecule has 2 heteroatoms. The minimum atomic E-state index is 0.0903. The Morgan fingerprint density at radius 3 is 1.95 bits per heavy atom. The van der Waals surface area contributed by atoms with Gasteiger partial charge in [-0.25, -0.2) is 0 Å². The molecular formula is C17H30N2. The molecule has 0 amide bonds. The molecule has 0 aliphatic heterocycles. The van der Waals surface area contributed by atoms with Gasteiger partial charge in [-0.1, -0.05) is 39.8 Å². The van der Waals surface area contributed by atoms with E-state index in [4.69, 9.17) is 11.5 Å². The molecule has 0 radical (unpaired) electrons. The number of nitrogens with two attached hydrogens (primary N) is 2.